The average molecular weight is 757 g/mol. The molecule has 0 amide bonds. The summed E-state index contributed by atoms with van der Waals surface area (Å²) in [6.45, 7) is 0. The Morgan fingerprint density at radius 2 is 0.776 bits per heavy atom. The molecule has 270 valence electrons. The molecule has 8 aromatic carbocycles. The summed E-state index contributed by atoms with van der Waals surface area (Å²) in [4.78, 5) is 5.46. The molecule has 0 aliphatic carbocycles. The topological polar surface area (TPSA) is 27.7 Å². The number of benzene rings is 8. The number of para-hydroxylation sites is 4. The van der Waals surface area contributed by atoms with Gasteiger partial charge in [0, 0.05) is 58.2 Å². The van der Waals surface area contributed by atoms with Gasteiger partial charge in [0.25, 0.3) is 0 Å². The van der Waals surface area contributed by atoms with E-state index in [1.165, 1.54) is 69.1 Å². The van der Waals surface area contributed by atoms with Crippen LogP contribution in [0.25, 0.3) is 114 Å². The lowest BCUT2D eigenvalue weighted by Gasteiger charge is -2.13. The van der Waals surface area contributed by atoms with E-state index in [2.05, 4.69) is 208 Å². The van der Waals surface area contributed by atoms with Gasteiger partial charge in [-0.1, -0.05) is 115 Å². The monoisotopic (exact) mass is 756 g/mol. The Bertz CT molecular complexity index is 3770. The molecule has 0 atom stereocenters. The van der Waals surface area contributed by atoms with Gasteiger partial charge in [0.1, 0.15) is 11.6 Å². The Hall–Kier alpha value is -7.47. The van der Waals surface area contributed by atoms with Gasteiger partial charge < -0.3 is 4.57 Å². The zero-order valence-electron chi connectivity index (χ0n) is 31.2. The summed E-state index contributed by atoms with van der Waals surface area (Å²) in [5, 5.41) is 9.96. The number of hydrogen-bond donors (Lipinski definition) is 0. The first kappa shape index (κ1) is 31.7. The molecule has 0 N–H and O–H groups in total. The zero-order valence-corrected chi connectivity index (χ0v) is 32.0. The van der Waals surface area contributed by atoms with Gasteiger partial charge in [-0.05, 0) is 90.0 Å². The molecule has 0 unspecified atom stereocenters. The van der Waals surface area contributed by atoms with Crippen LogP contribution in [0.5, 0.6) is 0 Å². The maximum Gasteiger partial charge on any atom is 0.140 e. The minimum atomic E-state index is 0.880. The number of fused-ring (bicyclic) bond motifs is 12. The molecule has 13 rings (SSSR count). The number of nitrogens with zero attached hydrogens (tertiary/aromatic N) is 4. The van der Waals surface area contributed by atoms with Crippen molar-refractivity contribution in [2.75, 3.05) is 0 Å². The molecule has 5 heteroatoms. The van der Waals surface area contributed by atoms with E-state index < -0.39 is 0 Å². The predicted molar refractivity (Wildman–Crippen MR) is 246 cm³/mol. The second-order valence-electron chi connectivity index (χ2n) is 15.2. The number of rotatable bonds is 4. The van der Waals surface area contributed by atoms with Crippen molar-refractivity contribution < 1.29 is 0 Å². The minimum Gasteiger partial charge on any atom is -0.309 e. The molecule has 0 aliphatic rings. The summed E-state index contributed by atoms with van der Waals surface area (Å²) in [6, 6.07) is 70.6. The fraction of sp³-hybridized carbons (Fsp3) is 0. The van der Waals surface area contributed by atoms with Crippen molar-refractivity contribution in [2.24, 2.45) is 0 Å². The summed E-state index contributed by atoms with van der Waals surface area (Å²) in [5.74, 6) is 1.77. The van der Waals surface area contributed by atoms with Gasteiger partial charge >= 0.3 is 0 Å². The van der Waals surface area contributed by atoms with E-state index in [0.29, 0.717) is 0 Å². The number of thiophene rings is 1. The first-order chi connectivity index (χ1) is 28.8. The fourth-order valence-electron chi connectivity index (χ4n) is 9.52. The van der Waals surface area contributed by atoms with Crippen LogP contribution in [0.4, 0.5) is 0 Å². The van der Waals surface area contributed by atoms with Crippen LogP contribution in [0.2, 0.25) is 0 Å². The summed E-state index contributed by atoms with van der Waals surface area (Å²) >= 11 is 1.86. The van der Waals surface area contributed by atoms with Gasteiger partial charge in [0.2, 0.25) is 0 Å². The normalized spacial score (nSPS) is 12.1. The van der Waals surface area contributed by atoms with Crippen molar-refractivity contribution in [3.05, 3.63) is 194 Å². The van der Waals surface area contributed by atoms with Gasteiger partial charge in [-0.25, -0.2) is 4.98 Å². The molecular formula is C53H32N4S. The number of hydrogen-bond acceptors (Lipinski definition) is 2. The van der Waals surface area contributed by atoms with Gasteiger partial charge in [-0.3, -0.25) is 9.13 Å². The predicted octanol–water partition coefficient (Wildman–Crippen LogP) is 14.4. The minimum absolute atomic E-state index is 0.880. The van der Waals surface area contributed by atoms with Crippen molar-refractivity contribution in [3.63, 3.8) is 0 Å². The van der Waals surface area contributed by atoms with Crippen LogP contribution >= 0.6 is 11.3 Å². The third-order valence-electron chi connectivity index (χ3n) is 12.0. The highest BCUT2D eigenvalue weighted by Gasteiger charge is 2.20. The highest BCUT2D eigenvalue weighted by Crippen LogP contribution is 2.41. The Kier molecular flexibility index (Phi) is 6.57. The van der Waals surface area contributed by atoms with Crippen molar-refractivity contribution in [2.45, 2.75) is 0 Å². The lowest BCUT2D eigenvalue weighted by atomic mass is 10.0. The van der Waals surface area contributed by atoms with Crippen molar-refractivity contribution >= 4 is 96.9 Å². The van der Waals surface area contributed by atoms with E-state index in [0.717, 1.165) is 44.9 Å². The molecule has 5 aromatic heterocycles. The molecule has 0 saturated carbocycles. The lowest BCUT2D eigenvalue weighted by Crippen LogP contribution is -2.03. The molecule has 58 heavy (non-hydrogen) atoms. The molecule has 5 heterocycles. The quantitative estimate of drug-likeness (QED) is 0.176. The van der Waals surface area contributed by atoms with Gasteiger partial charge in [0.05, 0.1) is 33.1 Å². The highest BCUT2D eigenvalue weighted by molar-refractivity contribution is 7.25. The summed E-state index contributed by atoms with van der Waals surface area (Å²) in [7, 11) is 0. The van der Waals surface area contributed by atoms with E-state index in [-0.39, 0.29) is 0 Å². The first-order valence-electron chi connectivity index (χ1n) is 19.7. The van der Waals surface area contributed by atoms with Gasteiger partial charge in [-0.15, -0.1) is 11.3 Å². The van der Waals surface area contributed by atoms with E-state index in [9.17, 15) is 0 Å². The van der Waals surface area contributed by atoms with Crippen LogP contribution in [0, 0.1) is 0 Å². The number of aromatic nitrogens is 4. The van der Waals surface area contributed by atoms with Crippen LogP contribution in [0.1, 0.15) is 0 Å². The maximum absolute atomic E-state index is 5.46. The Balaban J connectivity index is 1.04. The van der Waals surface area contributed by atoms with E-state index in [1.807, 2.05) is 11.3 Å². The fourth-order valence-corrected chi connectivity index (χ4v) is 10.6. The lowest BCUT2D eigenvalue weighted by molar-refractivity contribution is 1.01. The second-order valence-corrected chi connectivity index (χ2v) is 16.3. The molecule has 0 bridgehead atoms. The molecular weight excluding hydrogens is 725 g/mol. The molecule has 0 fully saturated rings. The van der Waals surface area contributed by atoms with Gasteiger partial charge in [0.15, 0.2) is 0 Å². The van der Waals surface area contributed by atoms with E-state index in [4.69, 9.17) is 4.98 Å². The Labute approximate surface area is 336 Å². The van der Waals surface area contributed by atoms with Gasteiger partial charge in [-0.2, -0.15) is 0 Å². The van der Waals surface area contributed by atoms with Crippen molar-refractivity contribution in [3.8, 4) is 28.5 Å². The van der Waals surface area contributed by atoms with Crippen molar-refractivity contribution in [1.82, 2.24) is 18.7 Å². The third kappa shape index (κ3) is 4.47. The van der Waals surface area contributed by atoms with E-state index in [1.54, 1.807) is 0 Å². The highest BCUT2D eigenvalue weighted by atomic mass is 32.1. The maximum atomic E-state index is 5.46. The molecule has 0 saturated heterocycles. The molecule has 0 aliphatic heterocycles. The van der Waals surface area contributed by atoms with Crippen LogP contribution in [0.15, 0.2) is 194 Å². The number of pyridine rings is 1. The average Bonchev–Trinajstić information content (AvgIpc) is 4.02. The molecule has 0 spiro atoms. The standard InChI is InChI=1S/C53H32N4S/c1-7-21-45-36(15-1)37-16-2-8-22-46(37)56(45)52-25-12-26-53(54-52)57-47-23-9-4-18-39(47)42-31-41-38-17-3-6-20-44(38)55(48(41)32-49(42)57)35-14-11-13-33(29-35)34-27-28-51-43(30-34)40-19-5-10-24-50(40)58-51/h1-32H. The van der Waals surface area contributed by atoms with E-state index >= 15 is 0 Å². The van der Waals surface area contributed by atoms with Crippen LogP contribution in [0.3, 0.4) is 0 Å². The summed E-state index contributed by atoms with van der Waals surface area (Å²) in [5.41, 5.74) is 10.4. The summed E-state index contributed by atoms with van der Waals surface area (Å²) < 4.78 is 9.73. The molecule has 4 nitrogen and oxygen atoms in total. The Morgan fingerprint density at radius 1 is 0.293 bits per heavy atom. The molecule has 13 aromatic rings. The van der Waals surface area contributed by atoms with Crippen LogP contribution in [-0.2, 0) is 0 Å². The summed E-state index contributed by atoms with van der Waals surface area (Å²) in [6.07, 6.45) is 0. The zero-order chi connectivity index (χ0) is 37.9. The van der Waals surface area contributed by atoms with Crippen LogP contribution < -0.4 is 0 Å². The Morgan fingerprint density at radius 3 is 1.43 bits per heavy atom. The van der Waals surface area contributed by atoms with Crippen molar-refractivity contribution in [1.29, 1.82) is 0 Å². The SMILES string of the molecule is c1cc(-c2ccc3sc4ccccc4c3c2)cc(-n2c3ccccc3c3cc4c5ccccc5n(-c5cccc(-n6c7ccccc7c7ccccc76)n5)c4cc32)c1. The van der Waals surface area contributed by atoms with Crippen LogP contribution in [-0.4, -0.2) is 18.7 Å². The largest absolute Gasteiger partial charge is 0.309 e. The smallest absolute Gasteiger partial charge is 0.140 e. The first-order valence-corrected chi connectivity index (χ1v) is 20.5. The second kappa shape index (κ2) is 12.0. The molecule has 0 radical (unpaired) electrons. The third-order valence-corrected chi connectivity index (χ3v) is 13.2.